The van der Waals surface area contributed by atoms with Gasteiger partial charge in [0.2, 0.25) is 0 Å². The third-order valence-corrected chi connectivity index (χ3v) is 4.41. The lowest BCUT2D eigenvalue weighted by atomic mass is 10.1. The molecule has 4 rings (SSSR count). The van der Waals surface area contributed by atoms with Gasteiger partial charge in [-0.2, -0.15) is 0 Å². The fourth-order valence-electron chi connectivity index (χ4n) is 3.43. The molecular formula is C17H18FN3. The number of fused-ring (bicyclic) bond motifs is 3. The van der Waals surface area contributed by atoms with Gasteiger partial charge in [0, 0.05) is 23.0 Å². The van der Waals surface area contributed by atoms with Gasteiger partial charge in [0.1, 0.15) is 11.5 Å². The first-order chi connectivity index (χ1) is 10.2. The second kappa shape index (κ2) is 4.81. The Hall–Kier alpha value is -1.94. The topological polar surface area (TPSA) is 29.9 Å². The predicted octanol–water partition coefficient (Wildman–Crippen LogP) is 3.56. The highest BCUT2D eigenvalue weighted by Gasteiger charge is 2.21. The molecule has 0 saturated carbocycles. The number of nitrogens with zero attached hydrogens (tertiary/aromatic N) is 2. The summed E-state index contributed by atoms with van der Waals surface area (Å²) in [5, 5.41) is 5.43. The highest BCUT2D eigenvalue weighted by molar-refractivity contribution is 6.06. The molecule has 3 aromatic rings. The van der Waals surface area contributed by atoms with Gasteiger partial charge in [-0.15, -0.1) is 0 Å². The highest BCUT2D eigenvalue weighted by Crippen LogP contribution is 2.34. The normalized spacial score (nSPS) is 16.9. The fraction of sp³-hybridized carbons (Fsp3) is 0.353. The van der Waals surface area contributed by atoms with Crippen LogP contribution in [0.5, 0.6) is 0 Å². The van der Waals surface area contributed by atoms with Crippen LogP contribution in [0.3, 0.4) is 0 Å². The van der Waals surface area contributed by atoms with E-state index < -0.39 is 0 Å². The number of halogens is 1. The maximum absolute atomic E-state index is 13.7. The zero-order valence-corrected chi connectivity index (χ0v) is 12.1. The molecule has 1 aliphatic heterocycles. The SMILES string of the molecule is Cc1cnc2c(c1)c1cc(F)ccc1n2C1CCNCC1. The van der Waals surface area contributed by atoms with Crippen molar-refractivity contribution in [3.05, 3.63) is 41.8 Å². The molecule has 0 bridgehead atoms. The van der Waals surface area contributed by atoms with Crippen molar-refractivity contribution in [2.75, 3.05) is 13.1 Å². The lowest BCUT2D eigenvalue weighted by Gasteiger charge is -2.25. The molecule has 1 saturated heterocycles. The molecule has 1 N–H and O–H groups in total. The van der Waals surface area contributed by atoms with Crippen LogP contribution < -0.4 is 5.32 Å². The molecule has 0 spiro atoms. The van der Waals surface area contributed by atoms with Crippen molar-refractivity contribution in [3.8, 4) is 0 Å². The van der Waals surface area contributed by atoms with E-state index in [0.717, 1.165) is 53.4 Å². The maximum Gasteiger partial charge on any atom is 0.141 e. The third-order valence-electron chi connectivity index (χ3n) is 4.41. The molecule has 0 radical (unpaired) electrons. The molecule has 0 aliphatic carbocycles. The van der Waals surface area contributed by atoms with Crippen LogP contribution in [0.4, 0.5) is 4.39 Å². The lowest BCUT2D eigenvalue weighted by Crippen LogP contribution is -2.29. The average molecular weight is 283 g/mol. The Morgan fingerprint density at radius 2 is 2.00 bits per heavy atom. The van der Waals surface area contributed by atoms with E-state index >= 15 is 0 Å². The minimum absolute atomic E-state index is 0.187. The summed E-state index contributed by atoms with van der Waals surface area (Å²) < 4.78 is 16.0. The summed E-state index contributed by atoms with van der Waals surface area (Å²) in [7, 11) is 0. The van der Waals surface area contributed by atoms with Crippen LogP contribution in [0.1, 0.15) is 24.4 Å². The summed E-state index contributed by atoms with van der Waals surface area (Å²) in [4.78, 5) is 4.64. The monoisotopic (exact) mass is 283 g/mol. The molecule has 0 atom stereocenters. The number of nitrogens with one attached hydrogen (secondary N) is 1. The second-order valence-electron chi connectivity index (χ2n) is 5.90. The Balaban J connectivity index is 2.06. The number of rotatable bonds is 1. The van der Waals surface area contributed by atoms with E-state index in [1.165, 1.54) is 0 Å². The lowest BCUT2D eigenvalue weighted by molar-refractivity contribution is 0.381. The molecule has 2 aromatic heterocycles. The smallest absolute Gasteiger partial charge is 0.141 e. The van der Waals surface area contributed by atoms with Gasteiger partial charge in [-0.1, -0.05) is 0 Å². The van der Waals surface area contributed by atoms with Crippen LogP contribution in [0, 0.1) is 12.7 Å². The third kappa shape index (κ3) is 2.02. The van der Waals surface area contributed by atoms with E-state index in [1.807, 2.05) is 19.2 Å². The fourth-order valence-corrected chi connectivity index (χ4v) is 3.43. The largest absolute Gasteiger partial charge is 0.322 e. The van der Waals surface area contributed by atoms with Gasteiger partial charge in [0.05, 0.1) is 5.52 Å². The first kappa shape index (κ1) is 12.8. The van der Waals surface area contributed by atoms with Gasteiger partial charge in [-0.3, -0.25) is 0 Å². The number of piperidine rings is 1. The van der Waals surface area contributed by atoms with E-state index in [9.17, 15) is 4.39 Å². The summed E-state index contributed by atoms with van der Waals surface area (Å²) >= 11 is 0. The molecule has 1 aliphatic rings. The van der Waals surface area contributed by atoms with Crippen molar-refractivity contribution in [2.45, 2.75) is 25.8 Å². The van der Waals surface area contributed by atoms with Crippen LogP contribution in [0.25, 0.3) is 21.9 Å². The minimum Gasteiger partial charge on any atom is -0.322 e. The minimum atomic E-state index is -0.187. The predicted molar refractivity (Wildman–Crippen MR) is 83.1 cm³/mol. The van der Waals surface area contributed by atoms with Crippen LogP contribution in [-0.2, 0) is 0 Å². The van der Waals surface area contributed by atoms with Gasteiger partial charge < -0.3 is 9.88 Å². The highest BCUT2D eigenvalue weighted by atomic mass is 19.1. The first-order valence-corrected chi connectivity index (χ1v) is 7.50. The summed E-state index contributed by atoms with van der Waals surface area (Å²) in [6.45, 7) is 4.08. The molecule has 21 heavy (non-hydrogen) atoms. The number of benzene rings is 1. The van der Waals surface area contributed by atoms with Crippen molar-refractivity contribution < 1.29 is 4.39 Å². The van der Waals surface area contributed by atoms with Crippen molar-refractivity contribution >= 4 is 21.9 Å². The summed E-state index contributed by atoms with van der Waals surface area (Å²) in [6, 6.07) is 7.62. The Bertz CT molecular complexity index is 756. The van der Waals surface area contributed by atoms with E-state index in [2.05, 4.69) is 20.9 Å². The number of aryl methyl sites for hydroxylation is 1. The molecule has 3 heterocycles. The van der Waals surface area contributed by atoms with Crippen molar-refractivity contribution in [1.29, 1.82) is 0 Å². The number of hydrogen-bond donors (Lipinski definition) is 1. The quantitative estimate of drug-likeness (QED) is 0.740. The van der Waals surface area contributed by atoms with E-state index in [-0.39, 0.29) is 5.82 Å². The van der Waals surface area contributed by atoms with Crippen molar-refractivity contribution in [3.63, 3.8) is 0 Å². The zero-order valence-electron chi connectivity index (χ0n) is 12.1. The van der Waals surface area contributed by atoms with Crippen LogP contribution in [-0.4, -0.2) is 22.6 Å². The van der Waals surface area contributed by atoms with Gasteiger partial charge in [-0.25, -0.2) is 9.37 Å². The summed E-state index contributed by atoms with van der Waals surface area (Å²) in [5.41, 5.74) is 3.18. The van der Waals surface area contributed by atoms with E-state index in [4.69, 9.17) is 0 Å². The number of hydrogen-bond acceptors (Lipinski definition) is 2. The maximum atomic E-state index is 13.7. The van der Waals surface area contributed by atoms with Crippen molar-refractivity contribution in [2.24, 2.45) is 0 Å². The van der Waals surface area contributed by atoms with Crippen LogP contribution in [0.2, 0.25) is 0 Å². The Kier molecular flexibility index (Phi) is 2.93. The van der Waals surface area contributed by atoms with Gasteiger partial charge in [0.15, 0.2) is 0 Å². The average Bonchev–Trinajstić information content (AvgIpc) is 2.81. The van der Waals surface area contributed by atoms with Crippen molar-refractivity contribution in [1.82, 2.24) is 14.9 Å². The molecule has 0 unspecified atom stereocenters. The number of aromatic nitrogens is 2. The molecule has 1 fully saturated rings. The Morgan fingerprint density at radius 1 is 1.19 bits per heavy atom. The van der Waals surface area contributed by atoms with Gasteiger partial charge >= 0.3 is 0 Å². The van der Waals surface area contributed by atoms with Gasteiger partial charge in [-0.05, 0) is 62.7 Å². The molecule has 108 valence electrons. The summed E-state index contributed by atoms with van der Waals surface area (Å²) in [5.74, 6) is -0.187. The molecule has 0 amide bonds. The molecule has 1 aromatic carbocycles. The zero-order chi connectivity index (χ0) is 14.4. The second-order valence-corrected chi connectivity index (χ2v) is 5.90. The van der Waals surface area contributed by atoms with E-state index in [0.29, 0.717) is 6.04 Å². The first-order valence-electron chi connectivity index (χ1n) is 7.50. The Labute approximate surface area is 122 Å². The summed E-state index contributed by atoms with van der Waals surface area (Å²) in [6.07, 6.45) is 4.08. The van der Waals surface area contributed by atoms with Gasteiger partial charge in [0.25, 0.3) is 0 Å². The van der Waals surface area contributed by atoms with Crippen LogP contribution >= 0.6 is 0 Å². The Morgan fingerprint density at radius 3 is 2.81 bits per heavy atom. The molecular weight excluding hydrogens is 265 g/mol. The molecule has 4 heteroatoms. The standard InChI is InChI=1S/C17H18FN3/c1-11-8-15-14-9-12(18)2-3-16(14)21(17(15)20-10-11)13-4-6-19-7-5-13/h2-3,8-10,13,19H,4-7H2,1H3. The van der Waals surface area contributed by atoms with E-state index in [1.54, 1.807) is 12.1 Å². The molecule has 3 nitrogen and oxygen atoms in total. The van der Waals surface area contributed by atoms with Crippen LogP contribution in [0.15, 0.2) is 30.5 Å². The number of pyridine rings is 1.